The van der Waals surface area contributed by atoms with Crippen molar-refractivity contribution in [1.82, 2.24) is 14.9 Å². The lowest BCUT2D eigenvalue weighted by Crippen LogP contribution is -2.24. The molecule has 31 heavy (non-hydrogen) atoms. The predicted molar refractivity (Wildman–Crippen MR) is 127 cm³/mol. The van der Waals surface area contributed by atoms with Gasteiger partial charge in [-0.25, -0.2) is 4.98 Å². The maximum atomic E-state index is 12.2. The fourth-order valence-corrected chi connectivity index (χ4v) is 3.73. The molecular weight excluding hydrogens is 429 g/mol. The molecule has 0 saturated carbocycles. The van der Waals surface area contributed by atoms with Crippen LogP contribution in [0.25, 0.3) is 17.1 Å². The molecule has 4 nitrogen and oxygen atoms in total. The highest BCUT2D eigenvalue weighted by Gasteiger charge is 2.12. The van der Waals surface area contributed by atoms with Gasteiger partial charge in [-0.2, -0.15) is 0 Å². The minimum absolute atomic E-state index is 0.129. The number of carbonyl (C=O) groups excluding carboxylic acids is 1. The first-order valence-electron chi connectivity index (χ1n) is 9.99. The Morgan fingerprint density at radius 1 is 0.968 bits per heavy atom. The maximum absolute atomic E-state index is 12.2. The Labute approximate surface area is 191 Å². The summed E-state index contributed by atoms with van der Waals surface area (Å²) >= 11 is 12.2. The highest BCUT2D eigenvalue weighted by molar-refractivity contribution is 6.42. The zero-order chi connectivity index (χ0) is 21.6. The first-order valence-corrected chi connectivity index (χ1v) is 10.7. The van der Waals surface area contributed by atoms with Gasteiger partial charge in [0.2, 0.25) is 5.91 Å². The molecule has 0 unspecified atom stereocenters. The summed E-state index contributed by atoms with van der Waals surface area (Å²) in [5.41, 5.74) is 3.99. The molecular formula is C25H21Cl2N3O. The monoisotopic (exact) mass is 449 g/mol. The molecule has 0 bridgehead atoms. The molecule has 4 rings (SSSR count). The number of rotatable bonds is 7. The Morgan fingerprint density at radius 3 is 2.55 bits per heavy atom. The second-order valence-electron chi connectivity index (χ2n) is 7.14. The van der Waals surface area contributed by atoms with Crippen molar-refractivity contribution < 1.29 is 4.79 Å². The van der Waals surface area contributed by atoms with Gasteiger partial charge >= 0.3 is 0 Å². The van der Waals surface area contributed by atoms with Crippen LogP contribution in [-0.4, -0.2) is 22.0 Å². The number of nitrogens with zero attached hydrogens (tertiary/aromatic N) is 2. The summed E-state index contributed by atoms with van der Waals surface area (Å²) in [6.45, 7) is 1.11. The van der Waals surface area contributed by atoms with Gasteiger partial charge in [-0.3, -0.25) is 4.79 Å². The molecule has 0 fully saturated rings. The normalized spacial score (nSPS) is 11.3. The first kappa shape index (κ1) is 21.2. The molecule has 1 heterocycles. The molecule has 0 aliphatic rings. The summed E-state index contributed by atoms with van der Waals surface area (Å²) in [5.74, 6) is 0.774. The molecule has 3 aromatic carbocycles. The zero-order valence-corrected chi connectivity index (χ0v) is 18.3. The summed E-state index contributed by atoms with van der Waals surface area (Å²) in [5, 5.41) is 4.00. The molecule has 0 radical (unpaired) electrons. The molecule has 0 saturated heterocycles. The van der Waals surface area contributed by atoms with E-state index < -0.39 is 0 Å². The van der Waals surface area contributed by atoms with Crippen LogP contribution in [0, 0.1) is 0 Å². The molecule has 6 heteroatoms. The standard InChI is InChI=1S/C25H21Cl2N3O/c26-20-12-10-19(16-21(20)27)17-30-23-9-5-4-8-22(23)29-24(30)14-15-28-25(31)13-11-18-6-2-1-3-7-18/h1-13,16H,14-15,17H2,(H,28,31)/b13-11+. The lowest BCUT2D eigenvalue weighted by Gasteiger charge is -2.11. The number of aromatic nitrogens is 2. The van der Waals surface area contributed by atoms with E-state index >= 15 is 0 Å². The Hall–Kier alpha value is -3.08. The largest absolute Gasteiger partial charge is 0.352 e. The highest BCUT2D eigenvalue weighted by Crippen LogP contribution is 2.24. The Balaban J connectivity index is 1.47. The average Bonchev–Trinajstić information content (AvgIpc) is 3.13. The number of para-hydroxylation sites is 2. The van der Waals surface area contributed by atoms with E-state index in [1.54, 1.807) is 18.2 Å². The van der Waals surface area contributed by atoms with Crippen molar-refractivity contribution in [3.8, 4) is 0 Å². The number of halogens is 2. The molecule has 4 aromatic rings. The molecule has 0 atom stereocenters. The van der Waals surface area contributed by atoms with Gasteiger partial charge in [0.1, 0.15) is 5.82 Å². The van der Waals surface area contributed by atoms with Crippen LogP contribution in [0.3, 0.4) is 0 Å². The van der Waals surface area contributed by atoms with E-state index in [2.05, 4.69) is 9.88 Å². The number of imidazole rings is 1. The number of fused-ring (bicyclic) bond motifs is 1. The third-order valence-electron chi connectivity index (χ3n) is 4.93. The predicted octanol–water partition coefficient (Wildman–Crippen LogP) is 5.76. The van der Waals surface area contributed by atoms with Gasteiger partial charge in [-0.15, -0.1) is 0 Å². The number of carbonyl (C=O) groups is 1. The van der Waals surface area contributed by atoms with Gasteiger partial charge in [0.15, 0.2) is 0 Å². The molecule has 1 N–H and O–H groups in total. The van der Waals surface area contributed by atoms with Crippen molar-refractivity contribution in [3.63, 3.8) is 0 Å². The smallest absolute Gasteiger partial charge is 0.244 e. The molecule has 0 aliphatic heterocycles. The third-order valence-corrected chi connectivity index (χ3v) is 5.67. The van der Waals surface area contributed by atoms with E-state index in [1.807, 2.05) is 66.7 Å². The molecule has 0 spiro atoms. The van der Waals surface area contributed by atoms with Crippen molar-refractivity contribution in [2.45, 2.75) is 13.0 Å². The molecule has 1 amide bonds. The SMILES string of the molecule is O=C(/C=C/c1ccccc1)NCCc1nc2ccccc2n1Cc1ccc(Cl)c(Cl)c1. The van der Waals surface area contributed by atoms with Crippen LogP contribution in [0.15, 0.2) is 78.9 Å². The van der Waals surface area contributed by atoms with Crippen LogP contribution in [0.4, 0.5) is 0 Å². The van der Waals surface area contributed by atoms with E-state index in [0.717, 1.165) is 28.0 Å². The van der Waals surface area contributed by atoms with E-state index in [1.165, 1.54) is 0 Å². The Bertz CT molecular complexity index is 1230. The van der Waals surface area contributed by atoms with Crippen molar-refractivity contribution in [2.24, 2.45) is 0 Å². The molecule has 1 aromatic heterocycles. The summed E-state index contributed by atoms with van der Waals surface area (Å²) in [4.78, 5) is 16.9. The van der Waals surface area contributed by atoms with Gasteiger partial charge in [0, 0.05) is 25.6 Å². The quantitative estimate of drug-likeness (QED) is 0.364. The van der Waals surface area contributed by atoms with Gasteiger partial charge in [0.25, 0.3) is 0 Å². The van der Waals surface area contributed by atoms with Gasteiger partial charge < -0.3 is 9.88 Å². The van der Waals surface area contributed by atoms with Gasteiger partial charge in [0.05, 0.1) is 21.1 Å². The van der Waals surface area contributed by atoms with Gasteiger partial charge in [-0.1, -0.05) is 71.7 Å². The van der Waals surface area contributed by atoms with Crippen LogP contribution in [0.2, 0.25) is 10.0 Å². The van der Waals surface area contributed by atoms with Crippen LogP contribution >= 0.6 is 23.2 Å². The molecule has 156 valence electrons. The van der Waals surface area contributed by atoms with E-state index in [9.17, 15) is 4.79 Å². The molecule has 0 aliphatic carbocycles. The highest BCUT2D eigenvalue weighted by atomic mass is 35.5. The Kier molecular flexibility index (Phi) is 6.70. The number of hydrogen-bond acceptors (Lipinski definition) is 2. The van der Waals surface area contributed by atoms with Crippen molar-refractivity contribution in [3.05, 3.63) is 106 Å². The zero-order valence-electron chi connectivity index (χ0n) is 16.8. The number of benzene rings is 3. The second kappa shape index (κ2) is 9.82. The second-order valence-corrected chi connectivity index (χ2v) is 7.95. The van der Waals surface area contributed by atoms with E-state index in [4.69, 9.17) is 28.2 Å². The maximum Gasteiger partial charge on any atom is 0.244 e. The average molecular weight is 450 g/mol. The minimum Gasteiger partial charge on any atom is -0.352 e. The topological polar surface area (TPSA) is 46.9 Å². The summed E-state index contributed by atoms with van der Waals surface area (Å²) < 4.78 is 2.15. The third kappa shape index (κ3) is 5.35. The van der Waals surface area contributed by atoms with Crippen molar-refractivity contribution in [2.75, 3.05) is 6.54 Å². The van der Waals surface area contributed by atoms with E-state index in [0.29, 0.717) is 29.6 Å². The van der Waals surface area contributed by atoms with Crippen LogP contribution in [-0.2, 0) is 17.8 Å². The number of amides is 1. The van der Waals surface area contributed by atoms with Crippen LogP contribution < -0.4 is 5.32 Å². The minimum atomic E-state index is -0.129. The number of nitrogens with one attached hydrogen (secondary N) is 1. The van der Waals surface area contributed by atoms with E-state index in [-0.39, 0.29) is 5.91 Å². The fraction of sp³-hybridized carbons (Fsp3) is 0.120. The first-order chi connectivity index (χ1) is 15.1. The summed E-state index contributed by atoms with van der Waals surface area (Å²) in [7, 11) is 0. The lowest BCUT2D eigenvalue weighted by atomic mass is 10.2. The lowest BCUT2D eigenvalue weighted by molar-refractivity contribution is -0.116. The van der Waals surface area contributed by atoms with Crippen LogP contribution in [0.5, 0.6) is 0 Å². The Morgan fingerprint density at radius 2 is 1.74 bits per heavy atom. The van der Waals surface area contributed by atoms with Crippen molar-refractivity contribution >= 4 is 46.2 Å². The fourth-order valence-electron chi connectivity index (χ4n) is 3.41. The van der Waals surface area contributed by atoms with Crippen LogP contribution in [0.1, 0.15) is 17.0 Å². The number of hydrogen-bond donors (Lipinski definition) is 1. The van der Waals surface area contributed by atoms with Crippen molar-refractivity contribution in [1.29, 1.82) is 0 Å². The summed E-state index contributed by atoms with van der Waals surface area (Å²) in [6, 6.07) is 23.4. The summed E-state index contributed by atoms with van der Waals surface area (Å²) in [6.07, 6.45) is 3.96. The van der Waals surface area contributed by atoms with Gasteiger partial charge in [-0.05, 0) is 41.5 Å².